The highest BCUT2D eigenvalue weighted by Crippen LogP contribution is 2.31. The lowest BCUT2D eigenvalue weighted by Crippen LogP contribution is -2.34. The Morgan fingerprint density at radius 3 is 2.40 bits per heavy atom. The van der Waals surface area contributed by atoms with E-state index in [2.05, 4.69) is 0 Å². The molecule has 30 heavy (non-hydrogen) atoms. The molecule has 1 aromatic heterocycles. The second-order valence-corrected chi connectivity index (χ2v) is 7.37. The fourth-order valence-corrected chi connectivity index (χ4v) is 3.73. The van der Waals surface area contributed by atoms with E-state index in [-0.39, 0.29) is 17.7 Å². The lowest BCUT2D eigenvalue weighted by molar-refractivity contribution is -0.132. The number of nitrogens with zero attached hydrogens (tertiary/aromatic N) is 3. The molecule has 0 bridgehead atoms. The third-order valence-corrected chi connectivity index (χ3v) is 5.21. The molecule has 154 valence electrons. The molecule has 7 heteroatoms. The smallest absolute Gasteiger partial charge is 0.308 e. The van der Waals surface area contributed by atoms with Crippen molar-refractivity contribution >= 4 is 11.9 Å². The number of halogens is 1. The summed E-state index contributed by atoms with van der Waals surface area (Å²) in [6.45, 7) is 4.61. The molecule has 2 aromatic carbocycles. The van der Waals surface area contributed by atoms with Gasteiger partial charge >= 0.3 is 5.97 Å². The van der Waals surface area contributed by atoms with E-state index in [1.165, 1.54) is 19.1 Å². The summed E-state index contributed by atoms with van der Waals surface area (Å²) in [5.41, 5.74) is 4.68. The van der Waals surface area contributed by atoms with Crippen LogP contribution in [0.4, 0.5) is 4.39 Å². The molecule has 0 unspecified atom stereocenters. The molecule has 0 aliphatic carbocycles. The Balaban J connectivity index is 1.68. The number of aromatic nitrogens is 2. The van der Waals surface area contributed by atoms with Gasteiger partial charge in [0.15, 0.2) is 0 Å². The molecule has 0 atom stereocenters. The Kier molecular flexibility index (Phi) is 5.35. The monoisotopic (exact) mass is 407 g/mol. The zero-order chi connectivity index (χ0) is 21.3. The van der Waals surface area contributed by atoms with Gasteiger partial charge in [-0.05, 0) is 42.0 Å². The van der Waals surface area contributed by atoms with E-state index < -0.39 is 0 Å². The minimum absolute atomic E-state index is 0.0273. The molecule has 6 nitrogen and oxygen atoms in total. The van der Waals surface area contributed by atoms with E-state index in [1.54, 1.807) is 36.1 Å². The molecular weight excluding hydrogens is 385 g/mol. The van der Waals surface area contributed by atoms with Crippen LogP contribution in [0.25, 0.3) is 11.3 Å². The molecule has 0 saturated heterocycles. The van der Waals surface area contributed by atoms with E-state index in [4.69, 9.17) is 9.84 Å². The van der Waals surface area contributed by atoms with Gasteiger partial charge < -0.3 is 9.64 Å². The van der Waals surface area contributed by atoms with Crippen LogP contribution in [0.1, 0.15) is 30.7 Å². The largest absolute Gasteiger partial charge is 0.427 e. The van der Waals surface area contributed by atoms with Gasteiger partial charge in [-0.15, -0.1) is 0 Å². The van der Waals surface area contributed by atoms with Crippen molar-refractivity contribution in [2.75, 3.05) is 6.54 Å². The van der Waals surface area contributed by atoms with E-state index in [0.717, 1.165) is 28.1 Å². The maximum absolute atomic E-state index is 13.4. The second kappa shape index (κ2) is 8.10. The number of hydrogen-bond acceptors (Lipinski definition) is 4. The predicted octanol–water partition coefficient (Wildman–Crippen LogP) is 3.57. The number of esters is 1. The summed E-state index contributed by atoms with van der Waals surface area (Å²) in [7, 11) is 0. The molecular formula is C23H22FN3O3. The van der Waals surface area contributed by atoms with Crippen molar-refractivity contribution in [1.82, 2.24) is 14.7 Å². The van der Waals surface area contributed by atoms with Crippen LogP contribution < -0.4 is 4.74 Å². The van der Waals surface area contributed by atoms with Gasteiger partial charge in [-0.2, -0.15) is 5.10 Å². The van der Waals surface area contributed by atoms with Crippen LogP contribution in [-0.4, -0.2) is 33.1 Å². The van der Waals surface area contributed by atoms with Crippen molar-refractivity contribution < 1.29 is 18.7 Å². The minimum atomic E-state index is -0.358. The lowest BCUT2D eigenvalue weighted by atomic mass is 10.0. The summed E-state index contributed by atoms with van der Waals surface area (Å²) in [6.07, 6.45) is 0.703. The number of rotatable bonds is 4. The molecule has 1 aliphatic rings. The van der Waals surface area contributed by atoms with Crippen molar-refractivity contribution in [2.24, 2.45) is 0 Å². The molecule has 0 spiro atoms. The van der Waals surface area contributed by atoms with Crippen molar-refractivity contribution in [1.29, 1.82) is 0 Å². The van der Waals surface area contributed by atoms with Crippen LogP contribution in [0.15, 0.2) is 48.5 Å². The number of hydrogen-bond donors (Lipinski definition) is 0. The molecule has 0 fully saturated rings. The van der Waals surface area contributed by atoms with Crippen LogP contribution >= 0.6 is 0 Å². The van der Waals surface area contributed by atoms with Gasteiger partial charge in [0.25, 0.3) is 0 Å². The van der Waals surface area contributed by atoms with Crippen LogP contribution in [-0.2, 0) is 29.1 Å². The fraction of sp³-hybridized carbons (Fsp3) is 0.261. The van der Waals surface area contributed by atoms with Crippen LogP contribution in [0.2, 0.25) is 0 Å². The lowest BCUT2D eigenvalue weighted by Gasteiger charge is -2.27. The maximum Gasteiger partial charge on any atom is 0.308 e. The Bertz CT molecular complexity index is 1090. The Hall–Kier alpha value is -3.48. The zero-order valence-electron chi connectivity index (χ0n) is 16.9. The van der Waals surface area contributed by atoms with Crippen molar-refractivity contribution in [3.8, 4) is 17.0 Å². The molecule has 4 rings (SSSR count). The summed E-state index contributed by atoms with van der Waals surface area (Å²) >= 11 is 0. The molecule has 0 N–H and O–H groups in total. The molecule has 2 heterocycles. The SMILES string of the molecule is CC(=O)Oc1ccc(Cn2nc(-c3ccc(F)cc3)c3c2CCN(C(C)=O)C3)cc1. The van der Waals surface area contributed by atoms with E-state index >= 15 is 0 Å². The highest BCUT2D eigenvalue weighted by atomic mass is 19.1. The topological polar surface area (TPSA) is 64.4 Å². The summed E-state index contributed by atoms with van der Waals surface area (Å²) in [5.74, 6) is -0.134. The number of benzene rings is 2. The van der Waals surface area contributed by atoms with Crippen molar-refractivity contribution in [3.63, 3.8) is 0 Å². The average molecular weight is 407 g/mol. The average Bonchev–Trinajstić information content (AvgIpc) is 3.07. The van der Waals surface area contributed by atoms with E-state index in [9.17, 15) is 14.0 Å². The van der Waals surface area contributed by atoms with Gasteiger partial charge in [0.2, 0.25) is 5.91 Å². The van der Waals surface area contributed by atoms with E-state index in [0.29, 0.717) is 31.8 Å². The number of ether oxygens (including phenoxy) is 1. The first-order chi connectivity index (χ1) is 14.4. The molecule has 3 aromatic rings. The second-order valence-electron chi connectivity index (χ2n) is 7.37. The number of carbonyl (C=O) groups excluding carboxylic acids is 2. The summed E-state index contributed by atoms with van der Waals surface area (Å²) in [5, 5.41) is 4.82. The van der Waals surface area contributed by atoms with Gasteiger partial charge in [0.05, 0.1) is 12.2 Å². The first-order valence-corrected chi connectivity index (χ1v) is 9.78. The van der Waals surface area contributed by atoms with Gasteiger partial charge in [0.1, 0.15) is 11.6 Å². The predicted molar refractivity (Wildman–Crippen MR) is 109 cm³/mol. The number of carbonyl (C=O) groups is 2. The molecule has 0 radical (unpaired) electrons. The third kappa shape index (κ3) is 4.10. The Labute approximate surface area is 173 Å². The first kappa shape index (κ1) is 19.8. The van der Waals surface area contributed by atoms with Gasteiger partial charge in [-0.1, -0.05) is 12.1 Å². The van der Waals surface area contributed by atoms with Crippen LogP contribution in [0.3, 0.4) is 0 Å². The van der Waals surface area contributed by atoms with Gasteiger partial charge in [-0.25, -0.2) is 4.39 Å². The highest BCUT2D eigenvalue weighted by Gasteiger charge is 2.26. The zero-order valence-corrected chi connectivity index (χ0v) is 16.9. The van der Waals surface area contributed by atoms with Crippen LogP contribution in [0, 0.1) is 5.82 Å². The molecule has 0 saturated carbocycles. The molecule has 1 amide bonds. The summed E-state index contributed by atoms with van der Waals surface area (Å²) in [6, 6.07) is 13.6. The van der Waals surface area contributed by atoms with Crippen molar-refractivity contribution in [2.45, 2.75) is 33.4 Å². The normalized spacial score (nSPS) is 13.1. The third-order valence-electron chi connectivity index (χ3n) is 5.21. The number of fused-ring (bicyclic) bond motifs is 1. The minimum Gasteiger partial charge on any atom is -0.427 e. The molecule has 1 aliphatic heterocycles. The Morgan fingerprint density at radius 2 is 1.77 bits per heavy atom. The quantitative estimate of drug-likeness (QED) is 0.490. The van der Waals surface area contributed by atoms with Crippen LogP contribution in [0.5, 0.6) is 5.75 Å². The summed E-state index contributed by atoms with van der Waals surface area (Å²) in [4.78, 5) is 24.8. The first-order valence-electron chi connectivity index (χ1n) is 9.78. The standard InChI is InChI=1S/C23H22FN3O3/c1-15(28)26-12-11-22-21(14-26)23(18-5-7-19(24)8-6-18)25-27(22)13-17-3-9-20(10-4-17)30-16(2)29/h3-10H,11-14H2,1-2H3. The Morgan fingerprint density at radius 1 is 1.07 bits per heavy atom. The van der Waals surface area contributed by atoms with Crippen molar-refractivity contribution in [3.05, 3.63) is 71.2 Å². The van der Waals surface area contributed by atoms with Gasteiger partial charge in [-0.3, -0.25) is 14.3 Å². The van der Waals surface area contributed by atoms with Gasteiger partial charge in [0, 0.05) is 50.2 Å². The van der Waals surface area contributed by atoms with E-state index in [1.807, 2.05) is 16.8 Å². The maximum atomic E-state index is 13.4. The number of amides is 1. The summed E-state index contributed by atoms with van der Waals surface area (Å²) < 4.78 is 20.4. The fourth-order valence-electron chi connectivity index (χ4n) is 3.73. The highest BCUT2D eigenvalue weighted by molar-refractivity contribution is 5.74.